The van der Waals surface area contributed by atoms with Gasteiger partial charge in [-0.1, -0.05) is 17.7 Å². The molecule has 0 saturated carbocycles. The molecule has 0 bridgehead atoms. The molecule has 5 nitrogen and oxygen atoms in total. The maximum absolute atomic E-state index is 13.1. The van der Waals surface area contributed by atoms with Gasteiger partial charge in [-0.25, -0.2) is 8.42 Å². The number of hydrogen-bond donors (Lipinski definition) is 0. The standard InChI is InChI=1S/C19H18ClNO4S/c1-2-25-18-8-6-14(7-9-18)19(22)21(16-5-3-4-15(20)12-16)17-10-11-26(23,24)13-17/h3-12,17H,2,13H2,1H3/t17-/m1/s1. The van der Waals surface area contributed by atoms with E-state index >= 15 is 0 Å². The molecular formula is C19H18ClNO4S. The molecule has 3 rings (SSSR count). The third-order valence-corrected chi connectivity index (χ3v) is 5.57. The van der Waals surface area contributed by atoms with Gasteiger partial charge < -0.3 is 9.64 Å². The maximum atomic E-state index is 13.1. The van der Waals surface area contributed by atoms with Crippen molar-refractivity contribution in [3.8, 4) is 5.75 Å². The van der Waals surface area contributed by atoms with Crippen LogP contribution in [0.25, 0.3) is 0 Å². The lowest BCUT2D eigenvalue weighted by Gasteiger charge is -2.28. The Kier molecular flexibility index (Phi) is 5.34. The van der Waals surface area contributed by atoms with Gasteiger partial charge in [-0.2, -0.15) is 0 Å². The SMILES string of the molecule is CCOc1ccc(C(=O)N(c2cccc(Cl)c2)[C@@H]2C=CS(=O)(=O)C2)cc1. The van der Waals surface area contributed by atoms with E-state index in [9.17, 15) is 13.2 Å². The Labute approximate surface area is 157 Å². The minimum Gasteiger partial charge on any atom is -0.494 e. The van der Waals surface area contributed by atoms with Gasteiger partial charge in [-0.05, 0) is 55.5 Å². The fourth-order valence-electron chi connectivity index (χ4n) is 2.80. The number of ether oxygens (including phenoxy) is 1. The van der Waals surface area contributed by atoms with Crippen LogP contribution in [-0.2, 0) is 9.84 Å². The van der Waals surface area contributed by atoms with E-state index in [4.69, 9.17) is 16.3 Å². The number of amides is 1. The molecule has 26 heavy (non-hydrogen) atoms. The van der Waals surface area contributed by atoms with Gasteiger partial charge in [0.2, 0.25) is 0 Å². The molecule has 2 aromatic rings. The fourth-order valence-corrected chi connectivity index (χ4v) is 4.26. The van der Waals surface area contributed by atoms with Crippen molar-refractivity contribution in [3.05, 3.63) is 70.6 Å². The van der Waals surface area contributed by atoms with Gasteiger partial charge >= 0.3 is 0 Å². The molecule has 136 valence electrons. The molecular weight excluding hydrogens is 374 g/mol. The second kappa shape index (κ2) is 7.51. The number of halogens is 1. The molecule has 0 unspecified atom stereocenters. The van der Waals surface area contributed by atoms with Crippen LogP contribution in [-0.4, -0.2) is 32.7 Å². The monoisotopic (exact) mass is 391 g/mol. The third-order valence-electron chi connectivity index (χ3n) is 3.96. The summed E-state index contributed by atoms with van der Waals surface area (Å²) in [5.41, 5.74) is 0.981. The highest BCUT2D eigenvalue weighted by molar-refractivity contribution is 7.94. The zero-order chi connectivity index (χ0) is 18.7. The first-order valence-electron chi connectivity index (χ1n) is 8.12. The fraction of sp³-hybridized carbons (Fsp3) is 0.211. The minimum atomic E-state index is -3.32. The molecule has 1 heterocycles. The summed E-state index contributed by atoms with van der Waals surface area (Å²) >= 11 is 6.07. The number of benzene rings is 2. The molecule has 0 saturated heterocycles. The summed E-state index contributed by atoms with van der Waals surface area (Å²) < 4.78 is 29.1. The lowest BCUT2D eigenvalue weighted by molar-refractivity contribution is 0.0983. The molecule has 1 aliphatic heterocycles. The van der Waals surface area contributed by atoms with Crippen LogP contribution in [0.4, 0.5) is 5.69 Å². The van der Waals surface area contributed by atoms with Gasteiger partial charge in [0.1, 0.15) is 5.75 Å². The van der Waals surface area contributed by atoms with E-state index in [2.05, 4.69) is 0 Å². The summed E-state index contributed by atoms with van der Waals surface area (Å²) in [4.78, 5) is 14.6. The number of anilines is 1. The van der Waals surface area contributed by atoms with Gasteiger partial charge in [0, 0.05) is 21.7 Å². The smallest absolute Gasteiger partial charge is 0.258 e. The van der Waals surface area contributed by atoms with Crippen LogP contribution >= 0.6 is 11.6 Å². The minimum absolute atomic E-state index is 0.151. The number of carbonyl (C=O) groups excluding carboxylic acids is 1. The summed E-state index contributed by atoms with van der Waals surface area (Å²) in [6.07, 6.45) is 1.53. The predicted octanol–water partition coefficient (Wildman–Crippen LogP) is 3.70. The Morgan fingerprint density at radius 3 is 2.54 bits per heavy atom. The van der Waals surface area contributed by atoms with Gasteiger partial charge in [0.05, 0.1) is 18.4 Å². The molecule has 0 N–H and O–H groups in total. The van der Waals surface area contributed by atoms with Crippen molar-refractivity contribution in [1.29, 1.82) is 0 Å². The molecule has 1 amide bonds. The zero-order valence-corrected chi connectivity index (χ0v) is 15.7. The Morgan fingerprint density at radius 1 is 1.23 bits per heavy atom. The number of nitrogens with zero attached hydrogens (tertiary/aromatic N) is 1. The van der Waals surface area contributed by atoms with Crippen LogP contribution in [0.1, 0.15) is 17.3 Å². The van der Waals surface area contributed by atoms with Crippen molar-refractivity contribution in [2.75, 3.05) is 17.3 Å². The Morgan fingerprint density at radius 2 is 1.96 bits per heavy atom. The molecule has 0 radical (unpaired) electrons. The van der Waals surface area contributed by atoms with E-state index in [1.807, 2.05) is 6.92 Å². The van der Waals surface area contributed by atoms with E-state index in [1.54, 1.807) is 48.5 Å². The van der Waals surface area contributed by atoms with E-state index in [0.717, 1.165) is 5.41 Å². The van der Waals surface area contributed by atoms with E-state index < -0.39 is 15.9 Å². The first-order chi connectivity index (χ1) is 12.4. The molecule has 1 aliphatic rings. The molecule has 0 spiro atoms. The van der Waals surface area contributed by atoms with Crippen LogP contribution in [0.5, 0.6) is 5.75 Å². The highest BCUT2D eigenvalue weighted by Crippen LogP contribution is 2.27. The van der Waals surface area contributed by atoms with Crippen LogP contribution in [0, 0.1) is 0 Å². The molecule has 2 aromatic carbocycles. The largest absolute Gasteiger partial charge is 0.494 e. The maximum Gasteiger partial charge on any atom is 0.258 e. The highest BCUT2D eigenvalue weighted by Gasteiger charge is 2.32. The molecule has 1 atom stereocenters. The third kappa shape index (κ3) is 4.08. The van der Waals surface area contributed by atoms with Crippen molar-refractivity contribution in [2.24, 2.45) is 0 Å². The quantitative estimate of drug-likeness (QED) is 0.779. The van der Waals surface area contributed by atoms with Crippen LogP contribution in [0.3, 0.4) is 0 Å². The molecule has 0 aliphatic carbocycles. The van der Waals surface area contributed by atoms with Crippen LogP contribution in [0.2, 0.25) is 5.02 Å². The lowest BCUT2D eigenvalue weighted by atomic mass is 10.1. The van der Waals surface area contributed by atoms with Crippen molar-refractivity contribution in [3.63, 3.8) is 0 Å². The molecule has 7 heteroatoms. The van der Waals surface area contributed by atoms with Crippen molar-refractivity contribution < 1.29 is 17.9 Å². The molecule has 0 aromatic heterocycles. The Hall–Kier alpha value is -2.31. The summed E-state index contributed by atoms with van der Waals surface area (Å²) in [6.45, 7) is 2.42. The normalized spacial score (nSPS) is 17.8. The second-order valence-electron chi connectivity index (χ2n) is 5.84. The molecule has 0 fully saturated rings. The first-order valence-corrected chi connectivity index (χ1v) is 10.2. The Bertz CT molecular complexity index is 938. The van der Waals surface area contributed by atoms with Gasteiger partial charge in [-0.3, -0.25) is 4.79 Å². The van der Waals surface area contributed by atoms with Crippen molar-refractivity contribution in [1.82, 2.24) is 0 Å². The van der Waals surface area contributed by atoms with Crippen LogP contribution in [0.15, 0.2) is 60.0 Å². The van der Waals surface area contributed by atoms with E-state index in [0.29, 0.717) is 28.6 Å². The number of sulfone groups is 1. The number of hydrogen-bond acceptors (Lipinski definition) is 4. The Balaban J connectivity index is 1.97. The average molecular weight is 392 g/mol. The topological polar surface area (TPSA) is 63.7 Å². The first kappa shape index (κ1) is 18.5. The number of rotatable bonds is 5. The highest BCUT2D eigenvalue weighted by atomic mass is 35.5. The van der Waals surface area contributed by atoms with Gasteiger partial charge in [-0.15, -0.1) is 0 Å². The summed E-state index contributed by atoms with van der Waals surface area (Å²) in [5, 5.41) is 1.62. The summed E-state index contributed by atoms with van der Waals surface area (Å²) in [5.74, 6) is 0.214. The zero-order valence-electron chi connectivity index (χ0n) is 14.1. The lowest BCUT2D eigenvalue weighted by Crippen LogP contribution is -2.41. The van der Waals surface area contributed by atoms with E-state index in [-0.39, 0.29) is 11.7 Å². The predicted molar refractivity (Wildman–Crippen MR) is 103 cm³/mol. The summed E-state index contributed by atoms with van der Waals surface area (Å²) in [6, 6.07) is 13.0. The number of carbonyl (C=O) groups is 1. The second-order valence-corrected chi connectivity index (χ2v) is 8.21. The van der Waals surface area contributed by atoms with Crippen LogP contribution < -0.4 is 9.64 Å². The van der Waals surface area contributed by atoms with Gasteiger partial charge in [0.25, 0.3) is 5.91 Å². The van der Waals surface area contributed by atoms with Crippen molar-refractivity contribution >= 4 is 33.0 Å². The van der Waals surface area contributed by atoms with E-state index in [1.165, 1.54) is 11.0 Å². The van der Waals surface area contributed by atoms with Gasteiger partial charge in [0.15, 0.2) is 9.84 Å². The van der Waals surface area contributed by atoms with Crippen molar-refractivity contribution in [2.45, 2.75) is 13.0 Å². The average Bonchev–Trinajstić information content (AvgIpc) is 2.95. The summed E-state index contributed by atoms with van der Waals surface area (Å²) in [7, 11) is -3.32.